The Labute approximate surface area is 194 Å². The molecule has 3 aromatic rings. The van der Waals surface area contributed by atoms with Crippen LogP contribution in [0.5, 0.6) is 5.75 Å². The van der Waals surface area contributed by atoms with Crippen LogP contribution in [0.4, 0.5) is 5.13 Å². The molecule has 8 heteroatoms. The number of aromatic nitrogens is 1. The highest BCUT2D eigenvalue weighted by atomic mass is 32.2. The van der Waals surface area contributed by atoms with E-state index in [1.54, 1.807) is 34.9 Å². The Balaban J connectivity index is 1.42. The molecule has 0 aliphatic carbocycles. The lowest BCUT2D eigenvalue weighted by Gasteiger charge is -2.33. The monoisotopic (exact) mass is 471 g/mol. The Morgan fingerprint density at radius 3 is 2.12 bits per heavy atom. The second-order valence-corrected chi connectivity index (χ2v) is 11.7. The van der Waals surface area contributed by atoms with E-state index in [1.807, 2.05) is 41.8 Å². The maximum absolute atomic E-state index is 13.1. The van der Waals surface area contributed by atoms with Crippen molar-refractivity contribution in [2.45, 2.75) is 31.1 Å². The summed E-state index contributed by atoms with van der Waals surface area (Å²) in [5.41, 5.74) is 3.07. The molecule has 170 valence electrons. The average molecular weight is 472 g/mol. The van der Waals surface area contributed by atoms with Gasteiger partial charge in [0.25, 0.3) is 0 Å². The number of piperazine rings is 1. The molecule has 0 amide bonds. The number of rotatable bonds is 5. The molecule has 0 N–H and O–H groups in total. The largest absolute Gasteiger partial charge is 0.497 e. The van der Waals surface area contributed by atoms with Gasteiger partial charge in [0.2, 0.25) is 10.0 Å². The molecule has 2 aromatic carbocycles. The van der Waals surface area contributed by atoms with Gasteiger partial charge in [-0.15, -0.1) is 11.3 Å². The van der Waals surface area contributed by atoms with Gasteiger partial charge >= 0.3 is 0 Å². The van der Waals surface area contributed by atoms with Gasteiger partial charge in [-0.25, -0.2) is 13.4 Å². The van der Waals surface area contributed by atoms with Crippen LogP contribution in [0, 0.1) is 0 Å². The summed E-state index contributed by atoms with van der Waals surface area (Å²) in [7, 11) is -1.85. The molecule has 4 rings (SSSR count). The van der Waals surface area contributed by atoms with E-state index >= 15 is 0 Å². The van der Waals surface area contributed by atoms with E-state index < -0.39 is 10.0 Å². The third kappa shape index (κ3) is 4.67. The highest BCUT2D eigenvalue weighted by molar-refractivity contribution is 7.89. The van der Waals surface area contributed by atoms with Gasteiger partial charge in [-0.1, -0.05) is 32.9 Å². The normalized spacial score (nSPS) is 15.7. The minimum atomic E-state index is -3.50. The molecule has 0 bridgehead atoms. The fourth-order valence-electron chi connectivity index (χ4n) is 3.70. The Morgan fingerprint density at radius 2 is 1.56 bits per heavy atom. The fourth-order valence-corrected chi connectivity index (χ4v) is 6.01. The lowest BCUT2D eigenvalue weighted by atomic mass is 9.87. The number of methoxy groups -OCH3 is 1. The molecule has 1 fully saturated rings. The van der Waals surface area contributed by atoms with Crippen molar-refractivity contribution < 1.29 is 13.2 Å². The summed E-state index contributed by atoms with van der Waals surface area (Å²) in [6, 6.07) is 15.1. The number of thiazole rings is 1. The zero-order chi connectivity index (χ0) is 22.9. The number of ether oxygens (including phenoxy) is 1. The van der Waals surface area contributed by atoms with Crippen molar-refractivity contribution in [2.75, 3.05) is 38.2 Å². The standard InChI is InChI=1S/C24H29N3O3S2/c1-24(2,3)19-7-11-21(12-8-19)32(28,29)27-15-13-26(14-16-27)23-25-22(17-31-23)18-5-9-20(30-4)10-6-18/h5-12,17H,13-16H2,1-4H3. The van der Waals surface area contributed by atoms with Crippen molar-refractivity contribution in [3.63, 3.8) is 0 Å². The summed E-state index contributed by atoms with van der Waals surface area (Å²) in [5, 5.41) is 2.96. The Bertz CT molecular complexity index is 1160. The van der Waals surface area contributed by atoms with Crippen LogP contribution in [0.1, 0.15) is 26.3 Å². The van der Waals surface area contributed by atoms with Crippen LogP contribution in [0.2, 0.25) is 0 Å². The first kappa shape index (κ1) is 22.8. The number of nitrogens with zero attached hydrogens (tertiary/aromatic N) is 3. The maximum atomic E-state index is 13.1. The van der Waals surface area contributed by atoms with Crippen molar-refractivity contribution >= 4 is 26.5 Å². The van der Waals surface area contributed by atoms with Gasteiger partial charge in [0.1, 0.15) is 5.75 Å². The smallest absolute Gasteiger partial charge is 0.243 e. The van der Waals surface area contributed by atoms with Crippen LogP contribution in [-0.4, -0.2) is 51.0 Å². The first-order valence-electron chi connectivity index (χ1n) is 10.6. The average Bonchev–Trinajstić information content (AvgIpc) is 3.29. The lowest BCUT2D eigenvalue weighted by molar-refractivity contribution is 0.384. The van der Waals surface area contributed by atoms with E-state index in [9.17, 15) is 8.42 Å². The molecule has 6 nitrogen and oxygen atoms in total. The summed E-state index contributed by atoms with van der Waals surface area (Å²) in [6.45, 7) is 8.49. The first-order chi connectivity index (χ1) is 15.2. The lowest BCUT2D eigenvalue weighted by Crippen LogP contribution is -2.48. The van der Waals surface area contributed by atoms with E-state index in [2.05, 4.69) is 25.7 Å². The van der Waals surface area contributed by atoms with Crippen molar-refractivity contribution in [1.82, 2.24) is 9.29 Å². The second-order valence-electron chi connectivity index (χ2n) is 8.91. The van der Waals surface area contributed by atoms with Crippen molar-refractivity contribution in [1.29, 1.82) is 0 Å². The third-order valence-electron chi connectivity index (χ3n) is 5.75. The van der Waals surface area contributed by atoms with Crippen LogP contribution in [0.3, 0.4) is 0 Å². The molecular formula is C24H29N3O3S2. The van der Waals surface area contributed by atoms with Crippen LogP contribution in [0.15, 0.2) is 58.8 Å². The quantitative estimate of drug-likeness (QED) is 0.543. The Hall–Kier alpha value is -2.42. The zero-order valence-corrected chi connectivity index (χ0v) is 20.5. The topological polar surface area (TPSA) is 62.7 Å². The number of sulfonamides is 1. The summed E-state index contributed by atoms with van der Waals surface area (Å²) in [6.07, 6.45) is 0. The summed E-state index contributed by atoms with van der Waals surface area (Å²) in [5.74, 6) is 0.814. The molecule has 0 spiro atoms. The van der Waals surface area contributed by atoms with E-state index in [0.29, 0.717) is 31.1 Å². The predicted molar refractivity (Wildman–Crippen MR) is 130 cm³/mol. The maximum Gasteiger partial charge on any atom is 0.243 e. The molecule has 0 radical (unpaired) electrons. The van der Waals surface area contributed by atoms with Crippen molar-refractivity contribution in [2.24, 2.45) is 0 Å². The minimum absolute atomic E-state index is 0.00764. The molecule has 1 aliphatic rings. The minimum Gasteiger partial charge on any atom is -0.497 e. The zero-order valence-electron chi connectivity index (χ0n) is 18.9. The number of hydrogen-bond donors (Lipinski definition) is 0. The van der Waals surface area contributed by atoms with Gasteiger partial charge in [0.05, 0.1) is 17.7 Å². The van der Waals surface area contributed by atoms with Crippen LogP contribution in [0.25, 0.3) is 11.3 Å². The van der Waals surface area contributed by atoms with Gasteiger partial charge in [-0.05, 0) is 47.4 Å². The molecule has 0 atom stereocenters. The summed E-state index contributed by atoms with van der Waals surface area (Å²) >= 11 is 1.59. The van der Waals surface area contributed by atoms with Crippen LogP contribution in [-0.2, 0) is 15.4 Å². The Morgan fingerprint density at radius 1 is 0.938 bits per heavy atom. The molecule has 0 saturated carbocycles. The first-order valence-corrected chi connectivity index (χ1v) is 13.0. The van der Waals surface area contributed by atoms with Crippen LogP contribution < -0.4 is 9.64 Å². The molecule has 2 heterocycles. The molecule has 1 aliphatic heterocycles. The van der Waals surface area contributed by atoms with Gasteiger partial charge < -0.3 is 9.64 Å². The van der Waals surface area contributed by atoms with Gasteiger partial charge in [0, 0.05) is 37.1 Å². The van der Waals surface area contributed by atoms with Crippen LogP contribution >= 0.6 is 11.3 Å². The fraction of sp³-hybridized carbons (Fsp3) is 0.375. The highest BCUT2D eigenvalue weighted by Crippen LogP contribution is 2.30. The van der Waals surface area contributed by atoms with Gasteiger partial charge in [-0.2, -0.15) is 4.31 Å². The van der Waals surface area contributed by atoms with Gasteiger partial charge in [0.15, 0.2) is 5.13 Å². The number of hydrogen-bond acceptors (Lipinski definition) is 6. The van der Waals surface area contributed by atoms with E-state index in [-0.39, 0.29) is 5.41 Å². The van der Waals surface area contributed by atoms with E-state index in [0.717, 1.165) is 27.7 Å². The van der Waals surface area contributed by atoms with E-state index in [1.165, 1.54) is 0 Å². The number of anilines is 1. The van der Waals surface area contributed by atoms with Gasteiger partial charge in [-0.3, -0.25) is 0 Å². The highest BCUT2D eigenvalue weighted by Gasteiger charge is 2.29. The molecule has 1 aromatic heterocycles. The Kier molecular flexibility index (Phi) is 6.29. The molecule has 32 heavy (non-hydrogen) atoms. The summed E-state index contributed by atoms with van der Waals surface area (Å²) in [4.78, 5) is 7.29. The third-order valence-corrected chi connectivity index (χ3v) is 8.56. The SMILES string of the molecule is COc1ccc(-c2csc(N3CCN(S(=O)(=O)c4ccc(C(C)(C)C)cc4)CC3)n2)cc1. The number of benzene rings is 2. The van der Waals surface area contributed by atoms with Crippen molar-refractivity contribution in [3.8, 4) is 17.0 Å². The molecule has 1 saturated heterocycles. The molecular weight excluding hydrogens is 442 g/mol. The van der Waals surface area contributed by atoms with Crippen molar-refractivity contribution in [3.05, 3.63) is 59.5 Å². The summed E-state index contributed by atoms with van der Waals surface area (Å²) < 4.78 is 33.0. The predicted octanol–water partition coefficient (Wildman–Crippen LogP) is 4.63. The second kappa shape index (κ2) is 8.84. The van der Waals surface area contributed by atoms with E-state index in [4.69, 9.17) is 9.72 Å². The molecule has 0 unspecified atom stereocenters.